The molecular formula is C14H23F3N2O2. The molecule has 0 aliphatic carbocycles. The van der Waals surface area contributed by atoms with Crippen molar-refractivity contribution in [1.29, 1.82) is 0 Å². The molecule has 2 rings (SSSR count). The van der Waals surface area contributed by atoms with E-state index in [-0.39, 0.29) is 25.0 Å². The van der Waals surface area contributed by atoms with Gasteiger partial charge in [-0.3, -0.25) is 4.79 Å². The molecule has 2 saturated heterocycles. The van der Waals surface area contributed by atoms with Gasteiger partial charge in [0.2, 0.25) is 5.91 Å². The van der Waals surface area contributed by atoms with E-state index in [9.17, 15) is 18.0 Å². The molecule has 0 N–H and O–H groups in total. The maximum atomic E-state index is 12.2. The summed E-state index contributed by atoms with van der Waals surface area (Å²) in [5.74, 6) is -0.0834. The van der Waals surface area contributed by atoms with Crippen molar-refractivity contribution in [1.82, 2.24) is 9.80 Å². The molecule has 2 heterocycles. The van der Waals surface area contributed by atoms with Gasteiger partial charge in [-0.15, -0.1) is 0 Å². The molecule has 2 atom stereocenters. The van der Waals surface area contributed by atoms with E-state index < -0.39 is 12.8 Å². The van der Waals surface area contributed by atoms with Crippen LogP contribution in [0.4, 0.5) is 13.2 Å². The van der Waals surface area contributed by atoms with E-state index in [1.165, 1.54) is 0 Å². The van der Waals surface area contributed by atoms with Crippen LogP contribution in [0, 0.1) is 0 Å². The number of nitrogens with zero attached hydrogens (tertiary/aromatic N) is 2. The number of likely N-dealkylation sites (N-methyl/N-ethyl adjacent to an activating group) is 1. The highest BCUT2D eigenvalue weighted by Gasteiger charge is 2.38. The van der Waals surface area contributed by atoms with Gasteiger partial charge in [0.05, 0.1) is 13.0 Å². The van der Waals surface area contributed by atoms with E-state index in [1.54, 1.807) is 0 Å². The fourth-order valence-corrected chi connectivity index (χ4v) is 3.42. The van der Waals surface area contributed by atoms with Gasteiger partial charge >= 0.3 is 6.18 Å². The van der Waals surface area contributed by atoms with Crippen LogP contribution in [0.5, 0.6) is 0 Å². The number of ether oxygens (including phenoxy) is 1. The molecule has 0 spiro atoms. The SMILES string of the molecule is CN1CCC[C@@H]1[C@@H]1CCCN1C(=O)CCOCC(F)(F)F. The van der Waals surface area contributed by atoms with Crippen molar-refractivity contribution in [3.63, 3.8) is 0 Å². The number of likely N-dealkylation sites (tertiary alicyclic amines) is 2. The number of amides is 1. The first-order valence-electron chi connectivity index (χ1n) is 7.53. The van der Waals surface area contributed by atoms with Crippen LogP contribution in [0.15, 0.2) is 0 Å². The Morgan fingerprint density at radius 1 is 1.19 bits per heavy atom. The van der Waals surface area contributed by atoms with Crippen LogP contribution in [-0.4, -0.2) is 67.3 Å². The second kappa shape index (κ2) is 6.96. The van der Waals surface area contributed by atoms with E-state index in [1.807, 2.05) is 4.90 Å². The van der Waals surface area contributed by atoms with Crippen molar-refractivity contribution in [2.45, 2.75) is 50.4 Å². The summed E-state index contributed by atoms with van der Waals surface area (Å²) in [5, 5.41) is 0. The van der Waals surface area contributed by atoms with Crippen molar-refractivity contribution in [3.05, 3.63) is 0 Å². The molecule has 2 aliphatic heterocycles. The molecule has 0 bridgehead atoms. The van der Waals surface area contributed by atoms with Gasteiger partial charge in [-0.25, -0.2) is 0 Å². The van der Waals surface area contributed by atoms with Crippen LogP contribution in [0.3, 0.4) is 0 Å². The highest BCUT2D eigenvalue weighted by Crippen LogP contribution is 2.29. The third kappa shape index (κ3) is 4.57. The molecule has 122 valence electrons. The molecule has 0 aromatic carbocycles. The number of carbonyl (C=O) groups excluding carboxylic acids is 1. The van der Waals surface area contributed by atoms with Gasteiger partial charge in [0.1, 0.15) is 6.61 Å². The molecule has 0 saturated carbocycles. The van der Waals surface area contributed by atoms with Crippen molar-refractivity contribution in [2.24, 2.45) is 0 Å². The lowest BCUT2D eigenvalue weighted by atomic mass is 10.0. The number of halogens is 3. The molecule has 21 heavy (non-hydrogen) atoms. The average molecular weight is 308 g/mol. The average Bonchev–Trinajstić information content (AvgIpc) is 3.01. The number of rotatable bonds is 5. The molecule has 2 aliphatic rings. The highest BCUT2D eigenvalue weighted by atomic mass is 19.4. The second-order valence-corrected chi connectivity index (χ2v) is 5.90. The number of hydrogen-bond acceptors (Lipinski definition) is 3. The summed E-state index contributed by atoms with van der Waals surface area (Å²) in [6, 6.07) is 0.611. The van der Waals surface area contributed by atoms with Gasteiger partial charge in [0.25, 0.3) is 0 Å². The molecule has 7 heteroatoms. The Balaban J connectivity index is 1.78. The molecule has 0 unspecified atom stereocenters. The van der Waals surface area contributed by atoms with E-state index in [2.05, 4.69) is 16.7 Å². The summed E-state index contributed by atoms with van der Waals surface area (Å²) >= 11 is 0. The fourth-order valence-electron chi connectivity index (χ4n) is 3.42. The van der Waals surface area contributed by atoms with Crippen LogP contribution in [0.1, 0.15) is 32.1 Å². The first kappa shape index (κ1) is 16.5. The van der Waals surface area contributed by atoms with Crippen LogP contribution >= 0.6 is 0 Å². The normalized spacial score (nSPS) is 27.5. The van der Waals surface area contributed by atoms with Gasteiger partial charge in [-0.05, 0) is 39.3 Å². The summed E-state index contributed by atoms with van der Waals surface area (Å²) < 4.78 is 40.4. The molecule has 0 aromatic heterocycles. The highest BCUT2D eigenvalue weighted by molar-refractivity contribution is 5.77. The molecule has 0 radical (unpaired) electrons. The van der Waals surface area contributed by atoms with Crippen LogP contribution in [0.2, 0.25) is 0 Å². The largest absolute Gasteiger partial charge is 0.411 e. The van der Waals surface area contributed by atoms with Crippen LogP contribution in [-0.2, 0) is 9.53 Å². The second-order valence-electron chi connectivity index (χ2n) is 5.90. The van der Waals surface area contributed by atoms with Gasteiger partial charge in [-0.1, -0.05) is 0 Å². The number of alkyl halides is 3. The number of hydrogen-bond donors (Lipinski definition) is 0. The maximum Gasteiger partial charge on any atom is 0.411 e. The van der Waals surface area contributed by atoms with E-state index in [0.29, 0.717) is 12.6 Å². The zero-order valence-electron chi connectivity index (χ0n) is 12.4. The standard InChI is InChI=1S/C14H23F3N2O2/c1-18-7-2-4-11(18)12-5-3-8-19(12)13(20)6-9-21-10-14(15,16)17/h11-12H,2-10H2,1H3/t11-,12+/m1/s1. The third-order valence-corrected chi connectivity index (χ3v) is 4.37. The summed E-state index contributed by atoms with van der Waals surface area (Å²) in [6.07, 6.45) is -0.0903. The topological polar surface area (TPSA) is 32.8 Å². The lowest BCUT2D eigenvalue weighted by Gasteiger charge is -2.33. The predicted molar refractivity (Wildman–Crippen MR) is 71.9 cm³/mol. The van der Waals surface area contributed by atoms with Gasteiger partial charge < -0.3 is 14.5 Å². The molecule has 0 aromatic rings. The Hall–Kier alpha value is -0.820. The van der Waals surface area contributed by atoms with Gasteiger partial charge in [-0.2, -0.15) is 13.2 Å². The minimum Gasteiger partial charge on any atom is -0.372 e. The summed E-state index contributed by atoms with van der Waals surface area (Å²) in [4.78, 5) is 16.3. The predicted octanol–water partition coefficient (Wildman–Crippen LogP) is 2.04. The Morgan fingerprint density at radius 3 is 2.48 bits per heavy atom. The monoisotopic (exact) mass is 308 g/mol. The maximum absolute atomic E-state index is 12.2. The van der Waals surface area contributed by atoms with Crippen molar-refractivity contribution >= 4 is 5.91 Å². The van der Waals surface area contributed by atoms with Crippen molar-refractivity contribution < 1.29 is 22.7 Å². The Morgan fingerprint density at radius 2 is 1.86 bits per heavy atom. The zero-order chi connectivity index (χ0) is 15.5. The minimum absolute atomic E-state index is 0.0308. The lowest BCUT2D eigenvalue weighted by molar-refractivity contribution is -0.175. The summed E-state index contributed by atoms with van der Waals surface area (Å²) in [6.45, 7) is 0.322. The number of carbonyl (C=O) groups is 1. The Labute approximate surface area is 123 Å². The van der Waals surface area contributed by atoms with Crippen molar-refractivity contribution in [3.8, 4) is 0 Å². The zero-order valence-corrected chi connectivity index (χ0v) is 12.4. The summed E-state index contributed by atoms with van der Waals surface area (Å²) in [7, 11) is 2.07. The van der Waals surface area contributed by atoms with E-state index >= 15 is 0 Å². The smallest absolute Gasteiger partial charge is 0.372 e. The molecule has 4 nitrogen and oxygen atoms in total. The first-order chi connectivity index (χ1) is 9.88. The lowest BCUT2D eigenvalue weighted by Crippen LogP contribution is -2.47. The molecule has 2 fully saturated rings. The quantitative estimate of drug-likeness (QED) is 0.729. The van der Waals surface area contributed by atoms with E-state index in [0.717, 1.165) is 32.2 Å². The van der Waals surface area contributed by atoms with Gasteiger partial charge in [0.15, 0.2) is 0 Å². The van der Waals surface area contributed by atoms with Crippen LogP contribution in [0.25, 0.3) is 0 Å². The van der Waals surface area contributed by atoms with Crippen molar-refractivity contribution in [2.75, 3.05) is 33.4 Å². The third-order valence-electron chi connectivity index (χ3n) is 4.37. The first-order valence-corrected chi connectivity index (χ1v) is 7.53. The van der Waals surface area contributed by atoms with E-state index in [4.69, 9.17) is 0 Å². The van der Waals surface area contributed by atoms with Crippen LogP contribution < -0.4 is 0 Å². The van der Waals surface area contributed by atoms with Gasteiger partial charge in [0, 0.05) is 18.6 Å². The molecular weight excluding hydrogens is 285 g/mol. The molecule has 1 amide bonds. The Bertz CT molecular complexity index is 363. The minimum atomic E-state index is -4.33. The summed E-state index contributed by atoms with van der Waals surface area (Å²) in [5.41, 5.74) is 0. The fraction of sp³-hybridized carbons (Fsp3) is 0.929. The Kier molecular flexibility index (Phi) is 5.48.